The second-order valence-corrected chi connectivity index (χ2v) is 6.43. The summed E-state index contributed by atoms with van der Waals surface area (Å²) in [4.78, 5) is 24.4. The molecule has 1 saturated heterocycles. The molecule has 1 heterocycles. The molecule has 1 aliphatic rings. The number of thioether (sulfide) groups is 1. The summed E-state index contributed by atoms with van der Waals surface area (Å²) in [5.74, 6) is -0.650. The van der Waals surface area contributed by atoms with Crippen LogP contribution in [0.3, 0.4) is 0 Å². The Kier molecular flexibility index (Phi) is 4.82. The molecule has 0 aromatic carbocycles. The second-order valence-electron chi connectivity index (χ2n) is 4.80. The van der Waals surface area contributed by atoms with Gasteiger partial charge in [0.1, 0.15) is 6.04 Å². The fraction of sp³-hybridized carbons (Fsp3) is 0.818. The van der Waals surface area contributed by atoms with E-state index in [1.807, 2.05) is 4.90 Å². The van der Waals surface area contributed by atoms with Crippen molar-refractivity contribution in [3.05, 3.63) is 0 Å². The number of rotatable bonds is 5. The minimum Gasteiger partial charge on any atom is -0.480 e. The van der Waals surface area contributed by atoms with Crippen molar-refractivity contribution in [3.8, 4) is 0 Å². The molecule has 3 N–H and O–H groups in total. The lowest BCUT2D eigenvalue weighted by atomic mass is 10.1. The monoisotopic (exact) mass is 260 g/mol. The van der Waals surface area contributed by atoms with Crippen molar-refractivity contribution < 1.29 is 14.7 Å². The molecule has 0 unspecified atom stereocenters. The highest BCUT2D eigenvalue weighted by atomic mass is 32.2. The van der Waals surface area contributed by atoms with Crippen molar-refractivity contribution in [2.24, 2.45) is 5.73 Å². The molecule has 1 fully saturated rings. The molecule has 0 radical (unpaired) electrons. The molecule has 5 nitrogen and oxygen atoms in total. The molecule has 0 aliphatic carbocycles. The molecule has 1 rings (SSSR count). The van der Waals surface area contributed by atoms with Gasteiger partial charge >= 0.3 is 5.97 Å². The lowest BCUT2D eigenvalue weighted by Crippen LogP contribution is -2.47. The standard InChI is InChI=1S/C11H20N2O3S/c1-11(2,9(12)10(15)16)17-7-8(14)13-5-3-4-6-13/h9H,3-7,12H2,1-2H3,(H,15,16)/t9-/m1/s1. The first kappa shape index (κ1) is 14.3. The molecular weight excluding hydrogens is 240 g/mol. The third-order valence-electron chi connectivity index (χ3n) is 3.04. The van der Waals surface area contributed by atoms with E-state index in [9.17, 15) is 9.59 Å². The van der Waals surface area contributed by atoms with Crippen LogP contribution in [0, 0.1) is 0 Å². The summed E-state index contributed by atoms with van der Waals surface area (Å²) in [6, 6.07) is -0.959. The predicted octanol–water partition coefficient (Wildman–Crippen LogP) is 0.532. The number of aliphatic carboxylic acids is 1. The molecule has 0 saturated carbocycles. The summed E-state index contributed by atoms with van der Waals surface area (Å²) < 4.78 is -0.638. The average molecular weight is 260 g/mol. The molecule has 1 atom stereocenters. The van der Waals surface area contributed by atoms with Gasteiger partial charge in [-0.05, 0) is 26.7 Å². The van der Waals surface area contributed by atoms with E-state index in [4.69, 9.17) is 10.8 Å². The van der Waals surface area contributed by atoms with Crippen LogP contribution in [-0.2, 0) is 9.59 Å². The summed E-state index contributed by atoms with van der Waals surface area (Å²) >= 11 is 1.31. The molecule has 6 heteroatoms. The van der Waals surface area contributed by atoms with Gasteiger partial charge in [0.15, 0.2) is 0 Å². The zero-order chi connectivity index (χ0) is 13.1. The summed E-state index contributed by atoms with van der Waals surface area (Å²) in [5, 5.41) is 8.86. The largest absolute Gasteiger partial charge is 0.480 e. The summed E-state index contributed by atoms with van der Waals surface area (Å²) in [6.07, 6.45) is 2.13. The van der Waals surface area contributed by atoms with Gasteiger partial charge in [-0.1, -0.05) is 0 Å². The molecule has 1 amide bonds. The van der Waals surface area contributed by atoms with E-state index in [-0.39, 0.29) is 5.91 Å². The van der Waals surface area contributed by atoms with Crippen LogP contribution in [0.15, 0.2) is 0 Å². The number of amides is 1. The van der Waals surface area contributed by atoms with E-state index in [1.54, 1.807) is 13.8 Å². The van der Waals surface area contributed by atoms with E-state index in [0.29, 0.717) is 5.75 Å². The molecule has 98 valence electrons. The van der Waals surface area contributed by atoms with E-state index in [1.165, 1.54) is 11.8 Å². The first-order chi connectivity index (χ1) is 7.84. The second kappa shape index (κ2) is 5.73. The molecule has 0 aromatic heterocycles. The predicted molar refractivity (Wildman–Crippen MR) is 68.0 cm³/mol. The number of hydrogen-bond acceptors (Lipinski definition) is 4. The topological polar surface area (TPSA) is 83.6 Å². The normalized spacial score (nSPS) is 18.2. The Hall–Kier alpha value is -0.750. The lowest BCUT2D eigenvalue weighted by molar-refractivity contribution is -0.139. The first-order valence-corrected chi connectivity index (χ1v) is 6.73. The van der Waals surface area contributed by atoms with Crippen LogP contribution in [-0.4, -0.2) is 51.5 Å². The average Bonchev–Trinajstić information content (AvgIpc) is 2.78. The Balaban J connectivity index is 2.43. The van der Waals surface area contributed by atoms with Gasteiger partial charge in [-0.15, -0.1) is 11.8 Å². The summed E-state index contributed by atoms with van der Waals surface area (Å²) in [5.41, 5.74) is 5.59. The van der Waals surface area contributed by atoms with Crippen molar-refractivity contribution in [1.82, 2.24) is 4.90 Å². The van der Waals surface area contributed by atoms with Crippen LogP contribution >= 0.6 is 11.8 Å². The molecule has 1 aliphatic heterocycles. The third-order valence-corrected chi connectivity index (χ3v) is 4.43. The van der Waals surface area contributed by atoms with Gasteiger partial charge < -0.3 is 15.7 Å². The first-order valence-electron chi connectivity index (χ1n) is 5.74. The smallest absolute Gasteiger partial charge is 0.321 e. The van der Waals surface area contributed by atoms with Crippen LogP contribution in [0.25, 0.3) is 0 Å². The number of hydrogen-bond donors (Lipinski definition) is 2. The number of carboxylic acid groups (broad SMARTS) is 1. The van der Waals surface area contributed by atoms with Gasteiger partial charge in [0, 0.05) is 17.8 Å². The van der Waals surface area contributed by atoms with Crippen molar-refractivity contribution in [2.45, 2.75) is 37.5 Å². The number of likely N-dealkylation sites (tertiary alicyclic amines) is 1. The van der Waals surface area contributed by atoms with E-state index < -0.39 is 16.8 Å². The van der Waals surface area contributed by atoms with E-state index >= 15 is 0 Å². The van der Waals surface area contributed by atoms with Crippen molar-refractivity contribution in [2.75, 3.05) is 18.8 Å². The highest BCUT2D eigenvalue weighted by Crippen LogP contribution is 2.28. The van der Waals surface area contributed by atoms with Gasteiger partial charge in [-0.2, -0.15) is 0 Å². The Bertz CT molecular complexity index is 301. The molecule has 0 bridgehead atoms. The third kappa shape index (κ3) is 3.89. The lowest BCUT2D eigenvalue weighted by Gasteiger charge is -2.28. The van der Waals surface area contributed by atoms with E-state index in [2.05, 4.69) is 0 Å². The van der Waals surface area contributed by atoms with Crippen LogP contribution < -0.4 is 5.73 Å². The Labute approximate surface area is 106 Å². The number of nitrogens with zero attached hydrogens (tertiary/aromatic N) is 1. The van der Waals surface area contributed by atoms with Crippen molar-refractivity contribution in [1.29, 1.82) is 0 Å². The zero-order valence-corrected chi connectivity index (χ0v) is 11.1. The van der Waals surface area contributed by atoms with Crippen molar-refractivity contribution in [3.63, 3.8) is 0 Å². The van der Waals surface area contributed by atoms with Crippen LogP contribution in [0.1, 0.15) is 26.7 Å². The summed E-state index contributed by atoms with van der Waals surface area (Å²) in [7, 11) is 0. The maximum Gasteiger partial charge on any atom is 0.321 e. The maximum absolute atomic E-state index is 11.8. The number of carbonyl (C=O) groups is 2. The van der Waals surface area contributed by atoms with Crippen molar-refractivity contribution >= 4 is 23.6 Å². The van der Waals surface area contributed by atoms with Crippen LogP contribution in [0.2, 0.25) is 0 Å². The molecule has 0 spiro atoms. The maximum atomic E-state index is 11.8. The summed E-state index contributed by atoms with van der Waals surface area (Å²) in [6.45, 7) is 5.16. The Morgan fingerprint density at radius 3 is 2.41 bits per heavy atom. The fourth-order valence-corrected chi connectivity index (χ4v) is 2.65. The SMILES string of the molecule is CC(C)(SCC(=O)N1CCCC1)[C@H](N)C(=O)O. The molecular formula is C11H20N2O3S. The minimum atomic E-state index is -1.03. The van der Waals surface area contributed by atoms with Gasteiger partial charge in [0.2, 0.25) is 5.91 Å². The van der Waals surface area contributed by atoms with Crippen LogP contribution in [0.4, 0.5) is 0 Å². The highest BCUT2D eigenvalue weighted by Gasteiger charge is 2.33. The van der Waals surface area contributed by atoms with Gasteiger partial charge in [0.05, 0.1) is 5.75 Å². The van der Waals surface area contributed by atoms with Gasteiger partial charge in [-0.3, -0.25) is 9.59 Å². The molecule has 17 heavy (non-hydrogen) atoms. The molecule has 0 aromatic rings. The minimum absolute atomic E-state index is 0.0816. The Morgan fingerprint density at radius 1 is 1.41 bits per heavy atom. The number of carbonyl (C=O) groups excluding carboxylic acids is 1. The highest BCUT2D eigenvalue weighted by molar-refractivity contribution is 8.01. The fourth-order valence-electron chi connectivity index (χ4n) is 1.69. The van der Waals surface area contributed by atoms with Crippen LogP contribution in [0.5, 0.6) is 0 Å². The quantitative estimate of drug-likeness (QED) is 0.753. The van der Waals surface area contributed by atoms with Gasteiger partial charge in [-0.25, -0.2) is 0 Å². The zero-order valence-electron chi connectivity index (χ0n) is 10.3. The van der Waals surface area contributed by atoms with E-state index in [0.717, 1.165) is 25.9 Å². The number of carboxylic acids is 1. The van der Waals surface area contributed by atoms with Gasteiger partial charge in [0.25, 0.3) is 0 Å². The Morgan fingerprint density at radius 2 is 1.94 bits per heavy atom. The number of nitrogens with two attached hydrogens (primary N) is 1.